The first kappa shape index (κ1) is 12.3. The summed E-state index contributed by atoms with van der Waals surface area (Å²) in [6, 6.07) is 2.99. The van der Waals surface area contributed by atoms with Crippen molar-refractivity contribution in [3.05, 3.63) is 29.3 Å². The first-order chi connectivity index (χ1) is 7.89. The molecule has 0 spiro atoms. The molecule has 2 rings (SSSR count). The fourth-order valence-corrected chi connectivity index (χ4v) is 3.06. The number of rotatable bonds is 2. The van der Waals surface area contributed by atoms with Crippen LogP contribution in [0.3, 0.4) is 0 Å². The number of thiazole rings is 1. The lowest BCUT2D eigenvalue weighted by atomic mass is 10.1. The van der Waals surface area contributed by atoms with Gasteiger partial charge in [-0.3, -0.25) is 0 Å². The largest absolute Gasteiger partial charge is 0.506 e. The summed E-state index contributed by atoms with van der Waals surface area (Å²) >= 11 is 1.38. The molecule has 2 aromatic rings. The number of hydrogen-bond acceptors (Lipinski definition) is 5. The summed E-state index contributed by atoms with van der Waals surface area (Å²) in [5, 5.41) is 12.1. The molecule has 4 nitrogen and oxygen atoms in total. The summed E-state index contributed by atoms with van der Waals surface area (Å²) in [4.78, 5) is 3.79. The fraction of sp³-hybridized carbons (Fsp3) is 0.100. The lowest BCUT2D eigenvalue weighted by Gasteiger charge is -2.06. The van der Waals surface area contributed by atoms with Gasteiger partial charge in [-0.15, -0.1) is 11.3 Å². The van der Waals surface area contributed by atoms with Gasteiger partial charge in [0.25, 0.3) is 9.05 Å². The van der Waals surface area contributed by atoms with Gasteiger partial charge in [0, 0.05) is 27.8 Å². The molecule has 0 bridgehead atoms. The molecule has 90 valence electrons. The highest BCUT2D eigenvalue weighted by molar-refractivity contribution is 8.13. The topological polar surface area (TPSA) is 67.3 Å². The quantitative estimate of drug-likeness (QED) is 0.863. The average molecular weight is 290 g/mol. The number of aromatic hydroxyl groups is 1. The van der Waals surface area contributed by atoms with E-state index in [4.69, 9.17) is 10.7 Å². The van der Waals surface area contributed by atoms with Crippen LogP contribution in [0.2, 0.25) is 0 Å². The molecule has 1 N–H and O–H groups in total. The first-order valence-corrected chi connectivity index (χ1v) is 7.76. The number of phenols is 1. The third-order valence-electron chi connectivity index (χ3n) is 2.21. The minimum absolute atomic E-state index is 0.288. The highest BCUT2D eigenvalue weighted by Crippen LogP contribution is 2.34. The number of hydrogen-bond donors (Lipinski definition) is 1. The van der Waals surface area contributed by atoms with Crippen LogP contribution in [0.15, 0.2) is 28.6 Å². The smallest absolute Gasteiger partial charge is 0.265 e. The van der Waals surface area contributed by atoms with Crippen molar-refractivity contribution in [2.24, 2.45) is 0 Å². The molecule has 7 heteroatoms. The molecular weight excluding hydrogens is 282 g/mol. The molecule has 0 amide bonds. The first-order valence-electron chi connectivity index (χ1n) is 4.58. The second-order valence-electron chi connectivity index (χ2n) is 3.41. The summed E-state index contributed by atoms with van der Waals surface area (Å²) in [5.74, 6) is -0.319. The Hall–Kier alpha value is -1.11. The van der Waals surface area contributed by atoms with E-state index < -0.39 is 9.05 Å². The lowest BCUT2D eigenvalue weighted by molar-refractivity contribution is 0.455. The number of halogens is 1. The molecule has 0 aliphatic heterocycles. The van der Waals surface area contributed by atoms with E-state index in [9.17, 15) is 13.5 Å². The molecule has 1 aromatic heterocycles. The van der Waals surface area contributed by atoms with Gasteiger partial charge in [-0.05, 0) is 24.6 Å². The number of nitrogens with zero attached hydrogens (tertiary/aromatic N) is 1. The number of aromatic nitrogens is 1. The van der Waals surface area contributed by atoms with Crippen LogP contribution in [0, 0.1) is 6.92 Å². The van der Waals surface area contributed by atoms with Gasteiger partial charge in [-0.1, -0.05) is 0 Å². The Kier molecular flexibility index (Phi) is 3.11. The van der Waals surface area contributed by atoms with E-state index in [-0.39, 0.29) is 10.6 Å². The summed E-state index contributed by atoms with van der Waals surface area (Å²) < 4.78 is 22.6. The Labute approximate surface area is 107 Å². The van der Waals surface area contributed by atoms with Crippen molar-refractivity contribution in [2.75, 3.05) is 0 Å². The van der Waals surface area contributed by atoms with Gasteiger partial charge in [0.2, 0.25) is 0 Å². The van der Waals surface area contributed by atoms with Crippen molar-refractivity contribution in [3.63, 3.8) is 0 Å². The number of benzene rings is 1. The van der Waals surface area contributed by atoms with Gasteiger partial charge >= 0.3 is 0 Å². The maximum atomic E-state index is 11.3. The molecule has 0 atom stereocenters. The third-order valence-corrected chi connectivity index (χ3v) is 4.36. The Bertz CT molecular complexity index is 650. The van der Waals surface area contributed by atoms with Crippen molar-refractivity contribution in [3.8, 4) is 16.3 Å². The second-order valence-corrected chi connectivity index (χ2v) is 6.84. The van der Waals surface area contributed by atoms with Gasteiger partial charge < -0.3 is 5.11 Å². The van der Waals surface area contributed by atoms with Crippen LogP contribution in [0.4, 0.5) is 0 Å². The Morgan fingerprint density at radius 2 is 2.12 bits per heavy atom. The molecule has 0 saturated heterocycles. The zero-order valence-electron chi connectivity index (χ0n) is 8.71. The summed E-state index contributed by atoms with van der Waals surface area (Å²) in [6.07, 6.45) is 1.62. The molecule has 1 aromatic carbocycles. The fourth-order valence-electron chi connectivity index (χ4n) is 1.42. The van der Waals surface area contributed by atoms with E-state index in [0.717, 1.165) is 0 Å². The zero-order valence-corrected chi connectivity index (χ0v) is 11.1. The van der Waals surface area contributed by atoms with Gasteiger partial charge in [0.05, 0.1) is 0 Å². The molecule has 0 aliphatic rings. The van der Waals surface area contributed by atoms with Gasteiger partial charge in [-0.25, -0.2) is 13.4 Å². The molecule has 0 saturated carbocycles. The molecule has 0 aliphatic carbocycles. The van der Waals surface area contributed by atoms with E-state index in [0.29, 0.717) is 16.1 Å². The molecule has 0 fully saturated rings. The monoisotopic (exact) mass is 289 g/mol. The lowest BCUT2D eigenvalue weighted by Crippen LogP contribution is -1.94. The summed E-state index contributed by atoms with van der Waals surface area (Å²) in [5.41, 5.74) is 1.06. The van der Waals surface area contributed by atoms with Crippen LogP contribution in [0.5, 0.6) is 5.75 Å². The van der Waals surface area contributed by atoms with Crippen molar-refractivity contribution in [1.82, 2.24) is 4.98 Å². The van der Waals surface area contributed by atoms with E-state index in [1.165, 1.54) is 17.4 Å². The molecular formula is C10H8ClNO3S2. The van der Waals surface area contributed by atoms with Crippen LogP contribution in [0.25, 0.3) is 10.6 Å². The highest BCUT2D eigenvalue weighted by atomic mass is 35.7. The van der Waals surface area contributed by atoms with Gasteiger partial charge in [0.1, 0.15) is 15.7 Å². The Morgan fingerprint density at radius 1 is 1.41 bits per heavy atom. The second kappa shape index (κ2) is 4.29. The molecule has 0 unspecified atom stereocenters. The average Bonchev–Trinajstić information content (AvgIpc) is 2.73. The van der Waals surface area contributed by atoms with Crippen LogP contribution in [-0.4, -0.2) is 18.5 Å². The summed E-state index contributed by atoms with van der Waals surface area (Å²) in [6.45, 7) is 1.61. The highest BCUT2D eigenvalue weighted by Gasteiger charge is 2.19. The van der Waals surface area contributed by atoms with Crippen LogP contribution in [-0.2, 0) is 9.05 Å². The predicted molar refractivity (Wildman–Crippen MR) is 67.0 cm³/mol. The molecule has 1 heterocycles. The van der Waals surface area contributed by atoms with E-state index in [1.54, 1.807) is 24.6 Å². The van der Waals surface area contributed by atoms with Gasteiger partial charge in [0.15, 0.2) is 0 Å². The summed E-state index contributed by atoms with van der Waals surface area (Å²) in [7, 11) is 1.29. The zero-order chi connectivity index (χ0) is 12.6. The van der Waals surface area contributed by atoms with E-state index >= 15 is 0 Å². The van der Waals surface area contributed by atoms with Crippen molar-refractivity contribution in [2.45, 2.75) is 11.8 Å². The van der Waals surface area contributed by atoms with Crippen molar-refractivity contribution in [1.29, 1.82) is 0 Å². The maximum absolute atomic E-state index is 11.3. The van der Waals surface area contributed by atoms with Crippen LogP contribution >= 0.6 is 22.0 Å². The maximum Gasteiger partial charge on any atom is 0.265 e. The third kappa shape index (κ3) is 2.43. The predicted octanol–water partition coefficient (Wildman–Crippen LogP) is 2.75. The molecule has 17 heavy (non-hydrogen) atoms. The Balaban J connectivity index is 2.71. The minimum atomic E-state index is -3.97. The van der Waals surface area contributed by atoms with Gasteiger partial charge in [-0.2, -0.15) is 0 Å². The Morgan fingerprint density at radius 3 is 2.65 bits per heavy atom. The number of aryl methyl sites for hydroxylation is 1. The van der Waals surface area contributed by atoms with E-state index in [1.807, 2.05) is 0 Å². The normalized spacial score (nSPS) is 11.6. The van der Waals surface area contributed by atoms with Crippen molar-refractivity contribution >= 4 is 31.1 Å². The van der Waals surface area contributed by atoms with E-state index in [2.05, 4.69) is 4.98 Å². The molecule has 0 radical (unpaired) electrons. The SMILES string of the molecule is Cc1cc(-c2nccs2)cc(S(=O)(=O)Cl)c1O. The van der Waals surface area contributed by atoms with Crippen molar-refractivity contribution < 1.29 is 13.5 Å². The number of phenolic OH excluding ortho intramolecular Hbond substituents is 1. The van der Waals surface area contributed by atoms with Crippen LogP contribution < -0.4 is 0 Å². The van der Waals surface area contributed by atoms with Crippen LogP contribution in [0.1, 0.15) is 5.56 Å². The standard InChI is InChI=1S/C10H8ClNO3S2/c1-6-4-7(10-12-2-3-16-10)5-8(9(6)13)17(11,14)15/h2-5,13H,1H3. The minimum Gasteiger partial charge on any atom is -0.506 e.